The van der Waals surface area contributed by atoms with Crippen LogP contribution in [-0.4, -0.2) is 32.1 Å². The van der Waals surface area contributed by atoms with Crippen LogP contribution in [0.3, 0.4) is 0 Å². The molecule has 0 aliphatic carbocycles. The summed E-state index contributed by atoms with van der Waals surface area (Å²) in [6.07, 6.45) is 2.25. The highest BCUT2D eigenvalue weighted by atomic mass is 16.2. The van der Waals surface area contributed by atoms with Gasteiger partial charge in [0.1, 0.15) is 0 Å². The summed E-state index contributed by atoms with van der Waals surface area (Å²) in [7, 11) is 0. The van der Waals surface area contributed by atoms with Gasteiger partial charge in [0.15, 0.2) is 5.82 Å². The molecular formula is C13H18N6O. The van der Waals surface area contributed by atoms with Crippen molar-refractivity contribution >= 4 is 11.7 Å². The van der Waals surface area contributed by atoms with Crippen molar-refractivity contribution in [2.45, 2.75) is 38.8 Å². The molecule has 1 atom stereocenters. The lowest BCUT2D eigenvalue weighted by Crippen LogP contribution is -2.44. The van der Waals surface area contributed by atoms with Gasteiger partial charge in [0, 0.05) is 24.7 Å². The first-order chi connectivity index (χ1) is 9.63. The molecule has 2 aromatic heterocycles. The standard InChI is InChI=1S/C13H18N6O/c1-7(2)8-4-12(19-18-8)17-13(20)10-3-9-11(5-14-10)16-6-15-9/h4,6-7,10,14H,3,5H2,1-2H3,(H,15,16)(H2,17,18,19,20). The van der Waals surface area contributed by atoms with Crippen LogP contribution >= 0.6 is 0 Å². The number of fused-ring (bicyclic) bond motifs is 1. The van der Waals surface area contributed by atoms with Crippen molar-refractivity contribution in [1.29, 1.82) is 0 Å². The van der Waals surface area contributed by atoms with E-state index < -0.39 is 0 Å². The predicted molar refractivity (Wildman–Crippen MR) is 74.2 cm³/mol. The van der Waals surface area contributed by atoms with E-state index in [1.807, 2.05) is 6.07 Å². The van der Waals surface area contributed by atoms with Crippen molar-refractivity contribution in [3.05, 3.63) is 29.5 Å². The second-order valence-corrected chi connectivity index (χ2v) is 5.32. The highest BCUT2D eigenvalue weighted by Crippen LogP contribution is 2.16. The van der Waals surface area contributed by atoms with Crippen molar-refractivity contribution in [3.63, 3.8) is 0 Å². The number of aromatic amines is 2. The molecule has 0 saturated heterocycles. The summed E-state index contributed by atoms with van der Waals surface area (Å²) in [5.41, 5.74) is 3.01. The molecule has 106 valence electrons. The normalized spacial score (nSPS) is 18.1. The number of rotatable bonds is 3. The molecule has 20 heavy (non-hydrogen) atoms. The van der Waals surface area contributed by atoms with E-state index in [1.165, 1.54) is 0 Å². The quantitative estimate of drug-likeness (QED) is 0.668. The van der Waals surface area contributed by atoms with Crippen molar-refractivity contribution < 1.29 is 4.79 Å². The Balaban J connectivity index is 1.65. The van der Waals surface area contributed by atoms with Gasteiger partial charge in [-0.25, -0.2) is 4.98 Å². The van der Waals surface area contributed by atoms with Crippen molar-refractivity contribution in [2.24, 2.45) is 0 Å². The Morgan fingerprint density at radius 2 is 2.35 bits per heavy atom. The van der Waals surface area contributed by atoms with Crippen LogP contribution in [0.1, 0.15) is 36.8 Å². The molecule has 0 bridgehead atoms. The van der Waals surface area contributed by atoms with Gasteiger partial charge in [0.2, 0.25) is 5.91 Å². The van der Waals surface area contributed by atoms with E-state index in [4.69, 9.17) is 0 Å². The first-order valence-corrected chi connectivity index (χ1v) is 6.74. The highest BCUT2D eigenvalue weighted by molar-refractivity contribution is 5.94. The summed E-state index contributed by atoms with van der Waals surface area (Å²) in [5.74, 6) is 0.835. The van der Waals surface area contributed by atoms with E-state index >= 15 is 0 Å². The molecule has 1 amide bonds. The smallest absolute Gasteiger partial charge is 0.243 e. The first-order valence-electron chi connectivity index (χ1n) is 6.74. The van der Waals surface area contributed by atoms with Crippen LogP contribution in [0.4, 0.5) is 5.82 Å². The van der Waals surface area contributed by atoms with Crippen LogP contribution in [0.15, 0.2) is 12.4 Å². The molecule has 1 unspecified atom stereocenters. The number of nitrogens with zero attached hydrogens (tertiary/aromatic N) is 2. The van der Waals surface area contributed by atoms with Crippen molar-refractivity contribution in [3.8, 4) is 0 Å². The topological polar surface area (TPSA) is 98.5 Å². The fraction of sp³-hybridized carbons (Fsp3) is 0.462. The maximum atomic E-state index is 12.2. The fourth-order valence-electron chi connectivity index (χ4n) is 2.26. The SMILES string of the molecule is CC(C)c1cc(NC(=O)C2Cc3nc[nH]c3CN2)n[nH]1. The van der Waals surface area contributed by atoms with Crippen molar-refractivity contribution in [1.82, 2.24) is 25.5 Å². The minimum Gasteiger partial charge on any atom is -0.347 e. The fourth-order valence-corrected chi connectivity index (χ4v) is 2.26. The molecule has 0 aromatic carbocycles. The molecule has 0 saturated carbocycles. The summed E-state index contributed by atoms with van der Waals surface area (Å²) >= 11 is 0. The van der Waals surface area contributed by atoms with Crippen LogP contribution in [-0.2, 0) is 17.8 Å². The second kappa shape index (κ2) is 5.09. The first kappa shape index (κ1) is 12.9. The van der Waals surface area contributed by atoms with Gasteiger partial charge >= 0.3 is 0 Å². The monoisotopic (exact) mass is 274 g/mol. The molecule has 7 nitrogen and oxygen atoms in total. The van der Waals surface area contributed by atoms with Crippen LogP contribution in [0.25, 0.3) is 0 Å². The molecule has 1 aliphatic rings. The van der Waals surface area contributed by atoms with Gasteiger partial charge < -0.3 is 10.3 Å². The number of H-pyrrole nitrogens is 2. The van der Waals surface area contributed by atoms with E-state index in [-0.39, 0.29) is 11.9 Å². The summed E-state index contributed by atoms with van der Waals surface area (Å²) in [6.45, 7) is 4.77. The maximum absolute atomic E-state index is 12.2. The highest BCUT2D eigenvalue weighted by Gasteiger charge is 2.26. The second-order valence-electron chi connectivity index (χ2n) is 5.32. The zero-order chi connectivity index (χ0) is 14.1. The largest absolute Gasteiger partial charge is 0.347 e. The molecule has 0 fully saturated rings. The number of amides is 1. The summed E-state index contributed by atoms with van der Waals surface area (Å²) in [6, 6.07) is 1.59. The Kier molecular flexibility index (Phi) is 3.27. The van der Waals surface area contributed by atoms with E-state index in [1.54, 1.807) is 6.33 Å². The van der Waals surface area contributed by atoms with Gasteiger partial charge in [0.05, 0.1) is 23.8 Å². The predicted octanol–water partition coefficient (Wildman–Crippen LogP) is 0.909. The molecule has 0 radical (unpaired) electrons. The number of nitrogens with one attached hydrogen (secondary N) is 4. The minimum absolute atomic E-state index is 0.0829. The van der Waals surface area contributed by atoms with Gasteiger partial charge in [-0.15, -0.1) is 0 Å². The maximum Gasteiger partial charge on any atom is 0.243 e. The van der Waals surface area contributed by atoms with Gasteiger partial charge in [-0.05, 0) is 5.92 Å². The summed E-state index contributed by atoms with van der Waals surface area (Å²) < 4.78 is 0. The average Bonchev–Trinajstić information content (AvgIpc) is 3.05. The van der Waals surface area contributed by atoms with Gasteiger partial charge in [0.25, 0.3) is 0 Å². The lowest BCUT2D eigenvalue weighted by Gasteiger charge is -2.21. The van der Waals surface area contributed by atoms with Crippen LogP contribution in [0, 0.1) is 0 Å². The third-order valence-electron chi connectivity index (χ3n) is 3.52. The van der Waals surface area contributed by atoms with E-state index in [2.05, 4.69) is 44.6 Å². The Bertz CT molecular complexity index is 614. The molecule has 7 heteroatoms. The van der Waals surface area contributed by atoms with E-state index in [0.29, 0.717) is 24.7 Å². The molecule has 1 aliphatic heterocycles. The average molecular weight is 274 g/mol. The van der Waals surface area contributed by atoms with Crippen LogP contribution in [0.2, 0.25) is 0 Å². The number of imidazole rings is 1. The molecule has 4 N–H and O–H groups in total. The molecule has 2 aromatic rings. The third kappa shape index (κ3) is 2.44. The van der Waals surface area contributed by atoms with Gasteiger partial charge in [-0.1, -0.05) is 13.8 Å². The lowest BCUT2D eigenvalue weighted by atomic mass is 10.0. The summed E-state index contributed by atoms with van der Waals surface area (Å²) in [4.78, 5) is 19.5. The number of hydrogen-bond donors (Lipinski definition) is 4. The zero-order valence-corrected chi connectivity index (χ0v) is 11.5. The minimum atomic E-state index is -0.273. The Morgan fingerprint density at radius 1 is 1.50 bits per heavy atom. The van der Waals surface area contributed by atoms with Crippen LogP contribution in [0.5, 0.6) is 0 Å². The Hall–Kier alpha value is -2.15. The third-order valence-corrected chi connectivity index (χ3v) is 3.52. The number of hydrogen-bond acceptors (Lipinski definition) is 4. The van der Waals surface area contributed by atoms with Crippen molar-refractivity contribution in [2.75, 3.05) is 5.32 Å². The number of carbonyl (C=O) groups is 1. The van der Waals surface area contributed by atoms with E-state index in [9.17, 15) is 4.79 Å². The number of carbonyl (C=O) groups excluding carboxylic acids is 1. The van der Waals surface area contributed by atoms with Gasteiger partial charge in [-0.2, -0.15) is 5.10 Å². The number of anilines is 1. The molecule has 0 spiro atoms. The lowest BCUT2D eigenvalue weighted by molar-refractivity contribution is -0.118. The summed E-state index contributed by atoms with van der Waals surface area (Å²) in [5, 5.41) is 13.0. The molecule has 3 heterocycles. The van der Waals surface area contributed by atoms with Crippen LogP contribution < -0.4 is 10.6 Å². The Morgan fingerprint density at radius 3 is 3.10 bits per heavy atom. The Labute approximate surface area is 116 Å². The molecule has 3 rings (SSSR count). The van der Waals surface area contributed by atoms with Gasteiger partial charge in [-0.3, -0.25) is 15.2 Å². The molecular weight excluding hydrogens is 256 g/mol. The van der Waals surface area contributed by atoms with E-state index in [0.717, 1.165) is 17.1 Å². The number of aromatic nitrogens is 4. The zero-order valence-electron chi connectivity index (χ0n) is 11.5.